The number of halogens is 2. The number of anilines is 1. The fourth-order valence-electron chi connectivity index (χ4n) is 3.42. The van der Waals surface area contributed by atoms with E-state index in [-0.39, 0.29) is 11.7 Å². The first-order valence-electron chi connectivity index (χ1n) is 8.97. The number of nitrogens with zero attached hydrogens (tertiary/aromatic N) is 6. The van der Waals surface area contributed by atoms with Crippen molar-refractivity contribution in [2.24, 2.45) is 0 Å². The predicted molar refractivity (Wildman–Crippen MR) is 102 cm³/mol. The number of imidazole rings is 1. The van der Waals surface area contributed by atoms with Gasteiger partial charge in [0, 0.05) is 25.2 Å². The van der Waals surface area contributed by atoms with Crippen molar-refractivity contribution in [3.05, 3.63) is 36.4 Å². The number of rotatable bonds is 5. The minimum absolute atomic E-state index is 0.205. The van der Waals surface area contributed by atoms with E-state index in [1.807, 2.05) is 4.90 Å². The third-order valence-corrected chi connectivity index (χ3v) is 5.41. The van der Waals surface area contributed by atoms with Crippen LogP contribution in [0.5, 0.6) is 0 Å². The maximum atomic E-state index is 13.0. The molecule has 1 atom stereocenters. The van der Waals surface area contributed by atoms with Gasteiger partial charge in [0.1, 0.15) is 23.5 Å². The number of hydrogen-bond donors (Lipinski definition) is 1. The van der Waals surface area contributed by atoms with Crippen LogP contribution in [0.15, 0.2) is 30.7 Å². The molecule has 0 saturated carbocycles. The molecule has 0 aliphatic carbocycles. The second-order valence-corrected chi connectivity index (χ2v) is 8.69. The average molecular weight is 423 g/mol. The van der Waals surface area contributed by atoms with E-state index >= 15 is 0 Å². The van der Waals surface area contributed by atoms with Crippen molar-refractivity contribution in [3.8, 4) is 11.4 Å². The Kier molecular flexibility index (Phi) is 5.13. The lowest BCUT2D eigenvalue weighted by atomic mass is 10.1. The Morgan fingerprint density at radius 3 is 2.83 bits per heavy atom. The van der Waals surface area contributed by atoms with Gasteiger partial charge in [-0.05, 0) is 25.0 Å². The normalized spacial score (nSPS) is 17.9. The number of fused-ring (bicyclic) bond motifs is 1. The topological polar surface area (TPSA) is 105 Å². The second kappa shape index (κ2) is 7.59. The highest BCUT2D eigenvalue weighted by Crippen LogP contribution is 2.25. The molecule has 1 saturated heterocycles. The molecule has 1 N–H and O–H groups in total. The molecule has 4 heterocycles. The van der Waals surface area contributed by atoms with Crippen LogP contribution in [0.4, 0.5) is 14.6 Å². The van der Waals surface area contributed by atoms with Gasteiger partial charge in [-0.15, -0.1) is 0 Å². The van der Waals surface area contributed by atoms with Crippen molar-refractivity contribution in [3.63, 3.8) is 0 Å². The summed E-state index contributed by atoms with van der Waals surface area (Å²) in [5.41, 5.74) is 1.03. The number of piperidine rings is 1. The monoisotopic (exact) mass is 423 g/mol. The van der Waals surface area contributed by atoms with E-state index in [0.29, 0.717) is 29.4 Å². The van der Waals surface area contributed by atoms with E-state index in [2.05, 4.69) is 24.8 Å². The molecule has 3 aromatic heterocycles. The number of aromatic nitrogens is 5. The maximum Gasteiger partial charge on any atom is 0.282 e. The van der Waals surface area contributed by atoms with Crippen LogP contribution < -0.4 is 9.62 Å². The molecule has 1 aliphatic heterocycles. The van der Waals surface area contributed by atoms with Gasteiger partial charge in [0.15, 0.2) is 5.65 Å². The zero-order valence-electron chi connectivity index (χ0n) is 15.5. The van der Waals surface area contributed by atoms with Gasteiger partial charge in [0.2, 0.25) is 10.0 Å². The first-order chi connectivity index (χ1) is 13.8. The van der Waals surface area contributed by atoms with Crippen LogP contribution in [-0.4, -0.2) is 58.4 Å². The summed E-state index contributed by atoms with van der Waals surface area (Å²) in [5.74, 6) is 0.620. The van der Waals surface area contributed by atoms with E-state index < -0.39 is 16.4 Å². The zero-order chi connectivity index (χ0) is 20.6. The molecule has 0 unspecified atom stereocenters. The summed E-state index contributed by atoms with van der Waals surface area (Å²) < 4.78 is 53.1. The molecule has 1 aliphatic rings. The standard InChI is InChI=1S/C17H19F2N7O2S/c1-29(27,28)24-11-3-2-6-25(9-11)16-7-13(21-10-22-16)14-8-20-15-5-4-12(17(18)19)23-26(14)15/h4-5,7-8,10-11,17,24H,2-3,6,9H2,1H3/t11-/m1/s1. The van der Waals surface area contributed by atoms with Crippen molar-refractivity contribution in [2.75, 3.05) is 24.2 Å². The highest BCUT2D eigenvalue weighted by molar-refractivity contribution is 7.88. The quantitative estimate of drug-likeness (QED) is 0.665. The molecule has 0 spiro atoms. The van der Waals surface area contributed by atoms with Gasteiger partial charge in [0.25, 0.3) is 6.43 Å². The average Bonchev–Trinajstić information content (AvgIpc) is 3.10. The summed E-state index contributed by atoms with van der Waals surface area (Å²) in [7, 11) is -3.30. The molecule has 0 bridgehead atoms. The van der Waals surface area contributed by atoms with Gasteiger partial charge >= 0.3 is 0 Å². The van der Waals surface area contributed by atoms with Crippen LogP contribution in [0.3, 0.4) is 0 Å². The Morgan fingerprint density at radius 1 is 1.24 bits per heavy atom. The smallest absolute Gasteiger partial charge is 0.282 e. The lowest BCUT2D eigenvalue weighted by Crippen LogP contribution is -2.47. The van der Waals surface area contributed by atoms with Crippen molar-refractivity contribution >= 4 is 21.5 Å². The number of alkyl halides is 2. The molecular weight excluding hydrogens is 404 g/mol. The highest BCUT2D eigenvalue weighted by Gasteiger charge is 2.24. The van der Waals surface area contributed by atoms with Crippen LogP contribution in [0.2, 0.25) is 0 Å². The van der Waals surface area contributed by atoms with Crippen LogP contribution in [0.25, 0.3) is 17.0 Å². The maximum absolute atomic E-state index is 13.0. The molecule has 0 radical (unpaired) electrons. The van der Waals surface area contributed by atoms with Crippen LogP contribution in [0, 0.1) is 0 Å². The Bertz CT molecular complexity index is 1140. The van der Waals surface area contributed by atoms with E-state index in [9.17, 15) is 17.2 Å². The number of nitrogens with one attached hydrogen (secondary N) is 1. The number of hydrogen-bond acceptors (Lipinski definition) is 7. The third-order valence-electron chi connectivity index (χ3n) is 4.65. The zero-order valence-corrected chi connectivity index (χ0v) is 16.4. The Morgan fingerprint density at radius 2 is 2.07 bits per heavy atom. The third kappa shape index (κ3) is 4.32. The molecular formula is C17H19F2N7O2S. The van der Waals surface area contributed by atoms with Crippen LogP contribution >= 0.6 is 0 Å². The van der Waals surface area contributed by atoms with Crippen molar-refractivity contribution in [1.82, 2.24) is 29.3 Å². The van der Waals surface area contributed by atoms with Gasteiger partial charge in [-0.2, -0.15) is 5.10 Å². The van der Waals surface area contributed by atoms with Gasteiger partial charge in [0.05, 0.1) is 18.1 Å². The molecule has 29 heavy (non-hydrogen) atoms. The molecule has 3 aromatic rings. The largest absolute Gasteiger partial charge is 0.355 e. The molecule has 0 amide bonds. The minimum Gasteiger partial charge on any atom is -0.355 e. The van der Waals surface area contributed by atoms with Gasteiger partial charge < -0.3 is 4.90 Å². The predicted octanol–water partition coefficient (Wildman–Crippen LogP) is 1.64. The van der Waals surface area contributed by atoms with Gasteiger partial charge in [-0.3, -0.25) is 0 Å². The lowest BCUT2D eigenvalue weighted by Gasteiger charge is -2.33. The van der Waals surface area contributed by atoms with E-state index in [0.717, 1.165) is 25.6 Å². The van der Waals surface area contributed by atoms with Gasteiger partial charge in [-0.25, -0.2) is 41.4 Å². The molecule has 4 rings (SSSR count). The fourth-order valence-corrected chi connectivity index (χ4v) is 4.22. The molecule has 1 fully saturated rings. The number of sulfonamides is 1. The first kappa shape index (κ1) is 19.6. The van der Waals surface area contributed by atoms with E-state index in [1.54, 1.807) is 6.07 Å². The lowest BCUT2D eigenvalue weighted by molar-refractivity contribution is 0.144. The van der Waals surface area contributed by atoms with E-state index in [4.69, 9.17) is 0 Å². The van der Waals surface area contributed by atoms with Gasteiger partial charge in [-0.1, -0.05) is 0 Å². The van der Waals surface area contributed by atoms with Crippen molar-refractivity contribution in [2.45, 2.75) is 25.3 Å². The summed E-state index contributed by atoms with van der Waals surface area (Å²) in [6.45, 7) is 1.20. The summed E-state index contributed by atoms with van der Waals surface area (Å²) in [5, 5.41) is 3.96. The summed E-state index contributed by atoms with van der Waals surface area (Å²) >= 11 is 0. The molecule has 12 heteroatoms. The van der Waals surface area contributed by atoms with Crippen molar-refractivity contribution in [1.29, 1.82) is 0 Å². The minimum atomic E-state index is -3.30. The van der Waals surface area contributed by atoms with Crippen LogP contribution in [-0.2, 0) is 10.0 Å². The molecule has 154 valence electrons. The Hall–Kier alpha value is -2.73. The molecule has 0 aromatic carbocycles. The molecule has 9 nitrogen and oxygen atoms in total. The Balaban J connectivity index is 1.64. The SMILES string of the molecule is CS(=O)(=O)N[C@@H]1CCCN(c2cc(-c3cnc4ccc(C(F)F)nn34)ncn2)C1. The van der Waals surface area contributed by atoms with Crippen molar-refractivity contribution < 1.29 is 17.2 Å². The first-order valence-corrected chi connectivity index (χ1v) is 10.9. The summed E-state index contributed by atoms with van der Waals surface area (Å²) in [6.07, 6.45) is 2.90. The fraction of sp³-hybridized carbons (Fsp3) is 0.412. The van der Waals surface area contributed by atoms with Crippen LogP contribution in [0.1, 0.15) is 25.0 Å². The summed E-state index contributed by atoms with van der Waals surface area (Å²) in [4.78, 5) is 14.7. The second-order valence-electron chi connectivity index (χ2n) is 6.91. The Labute approximate surface area is 165 Å². The summed E-state index contributed by atoms with van der Waals surface area (Å²) in [6, 6.07) is 4.24. The van der Waals surface area contributed by atoms with E-state index in [1.165, 1.54) is 29.2 Å². The highest BCUT2D eigenvalue weighted by atomic mass is 32.2.